The largest absolute Gasteiger partial charge is 0.416 e. The fourth-order valence-electron chi connectivity index (χ4n) is 1.82. The summed E-state index contributed by atoms with van der Waals surface area (Å²) in [5.41, 5.74) is 4.78. The molecule has 1 aromatic carbocycles. The zero-order valence-corrected chi connectivity index (χ0v) is 12.1. The molecule has 0 unspecified atom stereocenters. The van der Waals surface area contributed by atoms with E-state index in [0.717, 1.165) is 23.5 Å². The molecule has 1 heterocycles. The minimum Gasteiger partial charge on any atom is -0.366 e. The monoisotopic (exact) mass is 328 g/mol. The van der Waals surface area contributed by atoms with Crippen molar-refractivity contribution in [2.75, 3.05) is 5.32 Å². The zero-order chi connectivity index (χ0) is 16.5. The summed E-state index contributed by atoms with van der Waals surface area (Å²) in [4.78, 5) is 22.9. The topological polar surface area (TPSA) is 72.2 Å². The van der Waals surface area contributed by atoms with Crippen LogP contribution >= 0.6 is 11.3 Å². The Morgan fingerprint density at radius 2 is 1.91 bits per heavy atom. The Labute approximate surface area is 127 Å². The highest BCUT2D eigenvalue weighted by molar-refractivity contribution is 7.20. The van der Waals surface area contributed by atoms with Gasteiger partial charge in [-0.3, -0.25) is 9.59 Å². The molecule has 0 bridgehead atoms. The summed E-state index contributed by atoms with van der Waals surface area (Å²) < 4.78 is 38.2. The molecular weight excluding hydrogens is 317 g/mol. The third kappa shape index (κ3) is 3.45. The molecule has 3 N–H and O–H groups in total. The van der Waals surface area contributed by atoms with Crippen LogP contribution in [0.15, 0.2) is 30.3 Å². The Morgan fingerprint density at radius 1 is 1.23 bits per heavy atom. The van der Waals surface area contributed by atoms with Crippen LogP contribution in [-0.4, -0.2) is 11.8 Å². The van der Waals surface area contributed by atoms with Gasteiger partial charge in [0.15, 0.2) is 0 Å². The number of rotatable bonds is 3. The number of alkyl halides is 3. The molecule has 0 aliphatic rings. The number of anilines is 1. The summed E-state index contributed by atoms with van der Waals surface area (Å²) in [5, 5.41) is 2.66. The number of carbonyl (C=O) groups is 2. The van der Waals surface area contributed by atoms with Crippen molar-refractivity contribution in [3.63, 3.8) is 0 Å². The number of hydrogen-bond donors (Lipinski definition) is 2. The van der Waals surface area contributed by atoms with Crippen molar-refractivity contribution in [2.45, 2.75) is 13.1 Å². The number of nitrogens with one attached hydrogen (secondary N) is 1. The molecule has 8 heteroatoms. The lowest BCUT2D eigenvalue weighted by Crippen LogP contribution is -2.14. The third-order valence-corrected chi connectivity index (χ3v) is 3.86. The summed E-state index contributed by atoms with van der Waals surface area (Å²) in [6.07, 6.45) is -4.46. The van der Waals surface area contributed by atoms with Gasteiger partial charge < -0.3 is 11.1 Å². The Hall–Kier alpha value is -2.35. The van der Waals surface area contributed by atoms with E-state index in [1.165, 1.54) is 25.1 Å². The van der Waals surface area contributed by atoms with Gasteiger partial charge in [0, 0.05) is 11.8 Å². The van der Waals surface area contributed by atoms with Crippen LogP contribution in [-0.2, 0) is 11.0 Å². The van der Waals surface area contributed by atoms with Crippen molar-refractivity contribution >= 4 is 28.2 Å². The van der Waals surface area contributed by atoms with Gasteiger partial charge in [-0.1, -0.05) is 12.1 Å². The van der Waals surface area contributed by atoms with Crippen LogP contribution in [0.2, 0.25) is 0 Å². The van der Waals surface area contributed by atoms with Crippen molar-refractivity contribution in [1.82, 2.24) is 0 Å². The predicted molar refractivity (Wildman–Crippen MR) is 77.6 cm³/mol. The summed E-state index contributed by atoms with van der Waals surface area (Å²) >= 11 is 0.988. The van der Waals surface area contributed by atoms with Crippen LogP contribution in [0, 0.1) is 0 Å². The maximum Gasteiger partial charge on any atom is 0.416 e. The molecule has 2 rings (SSSR count). The summed E-state index contributed by atoms with van der Waals surface area (Å²) in [6, 6.07) is 6.08. The molecular formula is C14H11F3N2O2S. The van der Waals surface area contributed by atoms with Crippen LogP contribution in [0.25, 0.3) is 10.4 Å². The average molecular weight is 328 g/mol. The van der Waals surface area contributed by atoms with E-state index >= 15 is 0 Å². The first kappa shape index (κ1) is 16.0. The van der Waals surface area contributed by atoms with E-state index in [-0.39, 0.29) is 10.6 Å². The number of carbonyl (C=O) groups excluding carboxylic acids is 2. The number of nitrogens with two attached hydrogens (primary N) is 1. The molecule has 0 aliphatic heterocycles. The number of thiophene rings is 1. The molecule has 0 fully saturated rings. The number of amides is 2. The predicted octanol–water partition coefficient (Wildman–Crippen LogP) is 3.49. The van der Waals surface area contributed by atoms with Gasteiger partial charge in [-0.05, 0) is 23.8 Å². The minimum absolute atomic E-state index is 0.0626. The van der Waals surface area contributed by atoms with E-state index in [0.29, 0.717) is 10.4 Å². The maximum absolute atomic E-state index is 12.7. The molecule has 2 aromatic rings. The van der Waals surface area contributed by atoms with E-state index in [9.17, 15) is 22.8 Å². The van der Waals surface area contributed by atoms with E-state index < -0.39 is 23.6 Å². The maximum atomic E-state index is 12.7. The van der Waals surface area contributed by atoms with Crippen LogP contribution in [0.1, 0.15) is 22.8 Å². The van der Waals surface area contributed by atoms with Crippen LogP contribution < -0.4 is 11.1 Å². The third-order valence-electron chi connectivity index (χ3n) is 2.76. The molecule has 0 saturated heterocycles. The molecule has 0 radical (unpaired) electrons. The summed E-state index contributed by atoms with van der Waals surface area (Å²) in [6.45, 7) is 1.26. The molecule has 4 nitrogen and oxygen atoms in total. The van der Waals surface area contributed by atoms with Crippen molar-refractivity contribution in [3.8, 4) is 10.4 Å². The molecule has 0 atom stereocenters. The highest BCUT2D eigenvalue weighted by atomic mass is 32.1. The lowest BCUT2D eigenvalue weighted by molar-refractivity contribution is -0.137. The summed E-state index contributed by atoms with van der Waals surface area (Å²) in [5.74, 6) is -1.17. The first-order valence-corrected chi connectivity index (χ1v) is 6.89. The second-order valence-corrected chi connectivity index (χ2v) is 5.53. The smallest absolute Gasteiger partial charge is 0.366 e. The lowest BCUT2D eigenvalue weighted by atomic mass is 10.1. The zero-order valence-electron chi connectivity index (χ0n) is 11.3. The number of hydrogen-bond acceptors (Lipinski definition) is 3. The number of benzene rings is 1. The van der Waals surface area contributed by atoms with Crippen molar-refractivity contribution in [1.29, 1.82) is 0 Å². The fraction of sp³-hybridized carbons (Fsp3) is 0.143. The van der Waals surface area contributed by atoms with E-state index in [1.807, 2.05) is 0 Å². The lowest BCUT2D eigenvalue weighted by Gasteiger charge is -2.07. The molecule has 116 valence electrons. The van der Waals surface area contributed by atoms with Gasteiger partial charge in [-0.25, -0.2) is 0 Å². The first-order valence-electron chi connectivity index (χ1n) is 6.07. The van der Waals surface area contributed by atoms with Crippen molar-refractivity contribution < 1.29 is 22.8 Å². The average Bonchev–Trinajstić information content (AvgIpc) is 2.81. The SMILES string of the molecule is CC(=O)Nc1sc(-c2cccc(C(F)(F)F)c2)cc1C(N)=O. The van der Waals surface area contributed by atoms with Gasteiger partial charge >= 0.3 is 6.18 Å². The van der Waals surface area contributed by atoms with Gasteiger partial charge in [0.1, 0.15) is 5.00 Å². The van der Waals surface area contributed by atoms with E-state index in [1.54, 1.807) is 0 Å². The number of primary amides is 1. The Bertz CT molecular complexity index is 738. The van der Waals surface area contributed by atoms with Gasteiger partial charge in [0.05, 0.1) is 11.1 Å². The van der Waals surface area contributed by atoms with Crippen LogP contribution in [0.4, 0.5) is 18.2 Å². The molecule has 0 aliphatic carbocycles. The first-order chi connectivity index (χ1) is 10.2. The van der Waals surface area contributed by atoms with Crippen molar-refractivity contribution in [2.24, 2.45) is 5.73 Å². The Kier molecular flexibility index (Phi) is 4.23. The molecule has 2 amide bonds. The van der Waals surface area contributed by atoms with Crippen LogP contribution in [0.3, 0.4) is 0 Å². The second-order valence-electron chi connectivity index (χ2n) is 4.48. The van der Waals surface area contributed by atoms with Crippen molar-refractivity contribution in [3.05, 3.63) is 41.5 Å². The van der Waals surface area contributed by atoms with Gasteiger partial charge in [0.25, 0.3) is 5.91 Å². The van der Waals surface area contributed by atoms with E-state index in [4.69, 9.17) is 5.73 Å². The molecule has 1 aromatic heterocycles. The minimum atomic E-state index is -4.46. The Balaban J connectivity index is 2.49. The quantitative estimate of drug-likeness (QED) is 0.905. The fourth-order valence-corrected chi connectivity index (χ4v) is 2.92. The normalized spacial score (nSPS) is 11.3. The highest BCUT2D eigenvalue weighted by Gasteiger charge is 2.30. The molecule has 22 heavy (non-hydrogen) atoms. The van der Waals surface area contributed by atoms with Gasteiger partial charge in [0.2, 0.25) is 5.91 Å². The van der Waals surface area contributed by atoms with Gasteiger partial charge in [-0.15, -0.1) is 11.3 Å². The highest BCUT2D eigenvalue weighted by Crippen LogP contribution is 2.38. The van der Waals surface area contributed by atoms with Crippen LogP contribution in [0.5, 0.6) is 0 Å². The standard InChI is InChI=1S/C14H11F3N2O2S/c1-7(20)19-13-10(12(18)21)6-11(22-13)8-3-2-4-9(5-8)14(15,16)17/h2-6H,1H3,(H2,18,21)(H,19,20). The molecule has 0 spiro atoms. The Morgan fingerprint density at radius 3 is 2.45 bits per heavy atom. The van der Waals surface area contributed by atoms with E-state index in [2.05, 4.69) is 5.32 Å². The van der Waals surface area contributed by atoms with Gasteiger partial charge in [-0.2, -0.15) is 13.2 Å². The summed E-state index contributed by atoms with van der Waals surface area (Å²) in [7, 11) is 0. The number of halogens is 3. The second kappa shape index (κ2) is 5.80. The molecule has 0 saturated carbocycles.